The molecule has 0 bridgehead atoms. The van der Waals surface area contributed by atoms with Crippen LogP contribution in [0, 0.1) is 0 Å². The third-order valence-electron chi connectivity index (χ3n) is 4.18. The van der Waals surface area contributed by atoms with Crippen molar-refractivity contribution in [1.82, 2.24) is 5.32 Å². The number of nitrogens with two attached hydrogens (primary N) is 1. The van der Waals surface area contributed by atoms with Gasteiger partial charge in [0.15, 0.2) is 0 Å². The van der Waals surface area contributed by atoms with Crippen molar-refractivity contribution < 1.29 is 0 Å². The Bertz CT molecular complexity index is 352. The van der Waals surface area contributed by atoms with Gasteiger partial charge in [-0.1, -0.05) is 56.9 Å². The summed E-state index contributed by atoms with van der Waals surface area (Å²) in [5, 5.41) is 3.58. The third kappa shape index (κ3) is 4.63. The second-order valence-electron chi connectivity index (χ2n) is 5.82. The molecule has 1 aromatic rings. The summed E-state index contributed by atoms with van der Waals surface area (Å²) >= 11 is 0. The van der Waals surface area contributed by atoms with Crippen LogP contribution >= 0.6 is 0 Å². The van der Waals surface area contributed by atoms with Crippen molar-refractivity contribution in [3.05, 3.63) is 35.4 Å². The molecule has 1 unspecified atom stereocenters. The largest absolute Gasteiger partial charge is 0.312 e. The predicted molar refractivity (Wildman–Crippen MR) is 82.0 cm³/mol. The summed E-state index contributed by atoms with van der Waals surface area (Å²) in [6, 6.07) is 9.45. The number of nitrogens with one attached hydrogen (secondary N) is 1. The summed E-state index contributed by atoms with van der Waals surface area (Å²) in [6.07, 6.45) is 10.3. The van der Waals surface area contributed by atoms with Gasteiger partial charge < -0.3 is 5.73 Å². The highest BCUT2D eigenvalue weighted by Gasteiger charge is 2.16. The maximum Gasteiger partial charge on any atom is 0.0812 e. The van der Waals surface area contributed by atoms with Crippen LogP contribution in [0.3, 0.4) is 0 Å². The van der Waals surface area contributed by atoms with Crippen molar-refractivity contribution in [3.8, 4) is 0 Å². The number of hydrogen-bond donors (Lipinski definition) is 2. The van der Waals surface area contributed by atoms with Gasteiger partial charge in [-0.05, 0) is 36.8 Å². The van der Waals surface area contributed by atoms with Crippen LogP contribution in [0.2, 0.25) is 0 Å². The minimum atomic E-state index is -0.0108. The molecule has 19 heavy (non-hydrogen) atoms. The van der Waals surface area contributed by atoms with Gasteiger partial charge in [-0.15, -0.1) is 0 Å². The predicted octanol–water partition coefficient (Wildman–Crippen LogP) is 3.91. The SMILES string of the molecule is CCCCc1ccc(C(N)NC2CCCCC2)cc1. The zero-order chi connectivity index (χ0) is 13.5. The van der Waals surface area contributed by atoms with Gasteiger partial charge in [0, 0.05) is 6.04 Å². The van der Waals surface area contributed by atoms with Crippen molar-refractivity contribution >= 4 is 0 Å². The topological polar surface area (TPSA) is 38.0 Å². The number of rotatable bonds is 6. The molecule has 3 N–H and O–H groups in total. The standard InChI is InChI=1S/C17H28N2/c1-2-3-7-14-10-12-15(13-11-14)17(18)19-16-8-5-4-6-9-16/h10-13,16-17,19H,2-9,18H2,1H3. The number of aryl methyl sites for hydroxylation is 1. The van der Waals surface area contributed by atoms with Gasteiger partial charge in [-0.25, -0.2) is 0 Å². The number of unbranched alkanes of at least 4 members (excludes halogenated alkanes) is 1. The van der Waals surface area contributed by atoms with Crippen LogP contribution < -0.4 is 11.1 Å². The summed E-state index contributed by atoms with van der Waals surface area (Å²) in [7, 11) is 0. The van der Waals surface area contributed by atoms with Crippen molar-refractivity contribution in [3.63, 3.8) is 0 Å². The van der Waals surface area contributed by atoms with Gasteiger partial charge in [0.25, 0.3) is 0 Å². The molecule has 2 nitrogen and oxygen atoms in total. The summed E-state index contributed by atoms with van der Waals surface area (Å²) in [6.45, 7) is 2.23. The highest BCUT2D eigenvalue weighted by Crippen LogP contribution is 2.20. The van der Waals surface area contributed by atoms with Crippen LogP contribution in [0.5, 0.6) is 0 Å². The van der Waals surface area contributed by atoms with E-state index < -0.39 is 0 Å². The Kier molecular flexibility index (Phi) is 5.87. The molecule has 1 fully saturated rings. The van der Waals surface area contributed by atoms with E-state index in [-0.39, 0.29) is 6.17 Å². The Balaban J connectivity index is 1.85. The molecule has 0 radical (unpaired) electrons. The second kappa shape index (κ2) is 7.66. The van der Waals surface area contributed by atoms with Crippen molar-refractivity contribution in [2.24, 2.45) is 5.73 Å². The van der Waals surface area contributed by atoms with Crippen molar-refractivity contribution in [2.45, 2.75) is 70.5 Å². The summed E-state index contributed by atoms with van der Waals surface area (Å²) < 4.78 is 0. The lowest BCUT2D eigenvalue weighted by atomic mass is 9.95. The average Bonchev–Trinajstić information content (AvgIpc) is 2.46. The van der Waals surface area contributed by atoms with E-state index in [0.29, 0.717) is 6.04 Å². The van der Waals surface area contributed by atoms with E-state index in [2.05, 4.69) is 36.5 Å². The van der Waals surface area contributed by atoms with Crippen molar-refractivity contribution in [2.75, 3.05) is 0 Å². The fraction of sp³-hybridized carbons (Fsp3) is 0.647. The zero-order valence-electron chi connectivity index (χ0n) is 12.2. The smallest absolute Gasteiger partial charge is 0.0812 e. The molecule has 0 saturated heterocycles. The molecule has 0 aromatic heterocycles. The van der Waals surface area contributed by atoms with E-state index in [1.165, 1.54) is 62.5 Å². The molecule has 1 saturated carbocycles. The highest BCUT2D eigenvalue weighted by molar-refractivity contribution is 5.24. The Morgan fingerprint density at radius 3 is 2.47 bits per heavy atom. The monoisotopic (exact) mass is 260 g/mol. The molecule has 0 amide bonds. The third-order valence-corrected chi connectivity index (χ3v) is 4.18. The minimum absolute atomic E-state index is 0.0108. The molecule has 1 atom stereocenters. The summed E-state index contributed by atoms with van der Waals surface area (Å²) in [4.78, 5) is 0. The van der Waals surface area contributed by atoms with E-state index in [0.717, 1.165) is 0 Å². The normalized spacial score (nSPS) is 18.4. The van der Waals surface area contributed by atoms with Gasteiger partial charge in [0.2, 0.25) is 0 Å². The van der Waals surface area contributed by atoms with Gasteiger partial charge in [-0.2, -0.15) is 0 Å². The van der Waals surface area contributed by atoms with E-state index in [9.17, 15) is 0 Å². The molecule has 2 heteroatoms. The van der Waals surface area contributed by atoms with Crippen molar-refractivity contribution in [1.29, 1.82) is 0 Å². The molecule has 0 aliphatic heterocycles. The Hall–Kier alpha value is -0.860. The molecular formula is C17H28N2. The first-order valence-electron chi connectivity index (χ1n) is 7.90. The Labute approximate surface area is 117 Å². The first kappa shape index (κ1) is 14.5. The first-order valence-corrected chi connectivity index (χ1v) is 7.90. The molecule has 106 valence electrons. The van der Waals surface area contributed by atoms with Gasteiger partial charge in [0.05, 0.1) is 6.17 Å². The van der Waals surface area contributed by atoms with E-state index in [1.54, 1.807) is 0 Å². The van der Waals surface area contributed by atoms with Crippen LogP contribution in [0.25, 0.3) is 0 Å². The highest BCUT2D eigenvalue weighted by atomic mass is 15.0. The number of hydrogen-bond acceptors (Lipinski definition) is 2. The Morgan fingerprint density at radius 1 is 1.16 bits per heavy atom. The maximum atomic E-state index is 6.26. The fourth-order valence-electron chi connectivity index (χ4n) is 2.89. The Morgan fingerprint density at radius 2 is 1.84 bits per heavy atom. The van der Waals surface area contributed by atoms with Crippen LogP contribution in [0.4, 0.5) is 0 Å². The second-order valence-corrected chi connectivity index (χ2v) is 5.82. The molecule has 1 aliphatic carbocycles. The first-order chi connectivity index (χ1) is 9.29. The van der Waals surface area contributed by atoms with Crippen LogP contribution in [-0.2, 0) is 6.42 Å². The molecule has 1 aromatic carbocycles. The fourth-order valence-corrected chi connectivity index (χ4v) is 2.89. The zero-order valence-corrected chi connectivity index (χ0v) is 12.2. The molecule has 0 heterocycles. The van der Waals surface area contributed by atoms with E-state index in [1.807, 2.05) is 0 Å². The van der Waals surface area contributed by atoms with Crippen LogP contribution in [-0.4, -0.2) is 6.04 Å². The van der Waals surface area contributed by atoms with Crippen LogP contribution in [0.15, 0.2) is 24.3 Å². The van der Waals surface area contributed by atoms with Crippen LogP contribution in [0.1, 0.15) is 69.2 Å². The minimum Gasteiger partial charge on any atom is -0.312 e. The number of benzene rings is 1. The molecule has 1 aliphatic rings. The van der Waals surface area contributed by atoms with E-state index in [4.69, 9.17) is 5.73 Å². The van der Waals surface area contributed by atoms with Gasteiger partial charge in [-0.3, -0.25) is 5.32 Å². The van der Waals surface area contributed by atoms with Gasteiger partial charge in [0.1, 0.15) is 0 Å². The maximum absolute atomic E-state index is 6.26. The van der Waals surface area contributed by atoms with Gasteiger partial charge >= 0.3 is 0 Å². The average molecular weight is 260 g/mol. The quantitative estimate of drug-likeness (QED) is 0.761. The summed E-state index contributed by atoms with van der Waals surface area (Å²) in [5.74, 6) is 0. The lowest BCUT2D eigenvalue weighted by Gasteiger charge is -2.26. The lowest BCUT2D eigenvalue weighted by Crippen LogP contribution is -2.38. The summed E-state index contributed by atoms with van der Waals surface area (Å²) in [5.41, 5.74) is 8.91. The molecule has 2 rings (SSSR count). The molecule has 0 spiro atoms. The molecular weight excluding hydrogens is 232 g/mol. The lowest BCUT2D eigenvalue weighted by molar-refractivity contribution is 0.341. The van der Waals surface area contributed by atoms with E-state index >= 15 is 0 Å².